The van der Waals surface area contributed by atoms with E-state index in [0.717, 1.165) is 12.8 Å². The highest BCUT2D eigenvalue weighted by Crippen LogP contribution is 2.26. The van der Waals surface area contributed by atoms with Gasteiger partial charge in [0.25, 0.3) is 0 Å². The highest BCUT2D eigenvalue weighted by Gasteiger charge is 2.21. The Morgan fingerprint density at radius 2 is 1.95 bits per heavy atom. The molecule has 0 aliphatic carbocycles. The number of nitrogens with one attached hydrogen (secondary N) is 2. The van der Waals surface area contributed by atoms with E-state index in [9.17, 15) is 9.59 Å². The lowest BCUT2D eigenvalue weighted by atomic mass is 9.99. The van der Waals surface area contributed by atoms with Crippen LogP contribution in [0.15, 0.2) is 18.2 Å². The molecule has 0 atom stereocenters. The summed E-state index contributed by atoms with van der Waals surface area (Å²) in [6, 6.07) is 5.02. The Bertz CT molecular complexity index is 513. The molecule has 0 unspecified atom stereocenters. The van der Waals surface area contributed by atoms with Crippen molar-refractivity contribution in [1.82, 2.24) is 0 Å². The van der Waals surface area contributed by atoms with E-state index in [-0.39, 0.29) is 17.7 Å². The topological polar surface area (TPSA) is 67.4 Å². The van der Waals surface area contributed by atoms with Crippen molar-refractivity contribution in [3.05, 3.63) is 23.2 Å². The first-order valence-corrected chi connectivity index (χ1v) is 6.90. The number of carbonyl (C=O) groups is 2. The van der Waals surface area contributed by atoms with Crippen LogP contribution < -0.4 is 10.6 Å². The van der Waals surface area contributed by atoms with E-state index >= 15 is 0 Å². The second kappa shape index (κ2) is 6.72. The summed E-state index contributed by atoms with van der Waals surface area (Å²) in [6.45, 7) is 2.66. The maximum Gasteiger partial charge on any atom is 0.227 e. The van der Waals surface area contributed by atoms with Crippen LogP contribution in [0.3, 0.4) is 0 Å². The predicted molar refractivity (Wildman–Crippen MR) is 77.9 cm³/mol. The van der Waals surface area contributed by atoms with Crippen LogP contribution in [0.1, 0.15) is 19.8 Å². The number of halogens is 1. The van der Waals surface area contributed by atoms with Crippen molar-refractivity contribution < 1.29 is 14.3 Å². The van der Waals surface area contributed by atoms with Gasteiger partial charge >= 0.3 is 0 Å². The molecule has 0 spiro atoms. The summed E-state index contributed by atoms with van der Waals surface area (Å²) in [7, 11) is 0. The van der Waals surface area contributed by atoms with Gasteiger partial charge < -0.3 is 15.4 Å². The average Bonchev–Trinajstić information content (AvgIpc) is 2.42. The minimum absolute atomic E-state index is 0.0162. The van der Waals surface area contributed by atoms with Crippen LogP contribution in [0.2, 0.25) is 5.02 Å². The van der Waals surface area contributed by atoms with E-state index in [0.29, 0.717) is 29.6 Å². The molecule has 1 aliphatic heterocycles. The Hall–Kier alpha value is -1.59. The Morgan fingerprint density at radius 1 is 1.25 bits per heavy atom. The van der Waals surface area contributed by atoms with E-state index in [2.05, 4.69) is 10.6 Å². The van der Waals surface area contributed by atoms with Crippen LogP contribution in [0.25, 0.3) is 0 Å². The number of ether oxygens (including phenoxy) is 1. The zero-order valence-corrected chi connectivity index (χ0v) is 12.0. The summed E-state index contributed by atoms with van der Waals surface area (Å²) in [6.07, 6.45) is 1.48. The van der Waals surface area contributed by atoms with Gasteiger partial charge in [-0.15, -0.1) is 0 Å². The Balaban J connectivity index is 2.00. The molecule has 2 amide bonds. The highest BCUT2D eigenvalue weighted by molar-refractivity contribution is 6.34. The van der Waals surface area contributed by atoms with Gasteiger partial charge in [-0.3, -0.25) is 9.59 Å². The molecule has 1 saturated heterocycles. The molecule has 0 saturated carbocycles. The molecular formula is C14H17ClN2O3. The molecule has 6 heteroatoms. The lowest BCUT2D eigenvalue weighted by molar-refractivity contribution is -0.122. The van der Waals surface area contributed by atoms with Crippen molar-refractivity contribution in [2.24, 2.45) is 5.92 Å². The van der Waals surface area contributed by atoms with Crippen LogP contribution in [-0.2, 0) is 14.3 Å². The first-order chi connectivity index (χ1) is 9.56. The van der Waals surface area contributed by atoms with E-state index in [1.165, 1.54) is 6.92 Å². The third-order valence-electron chi connectivity index (χ3n) is 3.14. The zero-order chi connectivity index (χ0) is 14.5. The normalized spacial score (nSPS) is 15.7. The molecule has 1 heterocycles. The molecule has 5 nitrogen and oxygen atoms in total. The van der Waals surface area contributed by atoms with Gasteiger partial charge in [-0.05, 0) is 31.0 Å². The lowest BCUT2D eigenvalue weighted by Gasteiger charge is -2.21. The van der Waals surface area contributed by atoms with Gasteiger partial charge in [0.05, 0.1) is 10.7 Å². The van der Waals surface area contributed by atoms with Crippen molar-refractivity contribution in [2.45, 2.75) is 19.8 Å². The number of hydrogen-bond donors (Lipinski definition) is 2. The van der Waals surface area contributed by atoms with E-state index in [1.54, 1.807) is 18.2 Å². The fraction of sp³-hybridized carbons (Fsp3) is 0.429. The second-order valence-corrected chi connectivity index (χ2v) is 5.16. The minimum Gasteiger partial charge on any atom is -0.381 e. The molecule has 1 aromatic rings. The average molecular weight is 297 g/mol. The molecule has 0 radical (unpaired) electrons. The summed E-state index contributed by atoms with van der Waals surface area (Å²) in [4.78, 5) is 23.0. The number of rotatable bonds is 3. The summed E-state index contributed by atoms with van der Waals surface area (Å²) in [5, 5.41) is 5.85. The number of benzene rings is 1. The quantitative estimate of drug-likeness (QED) is 0.901. The third-order valence-corrected chi connectivity index (χ3v) is 3.45. The van der Waals surface area contributed by atoms with E-state index in [1.807, 2.05) is 0 Å². The molecule has 2 N–H and O–H groups in total. The largest absolute Gasteiger partial charge is 0.381 e. The Kier molecular flexibility index (Phi) is 4.98. The number of anilines is 2. The SMILES string of the molecule is CC(=O)Nc1ccc(NC(=O)C2CCOCC2)cc1Cl. The van der Waals surface area contributed by atoms with Gasteiger partial charge in [-0.25, -0.2) is 0 Å². The molecule has 108 valence electrons. The molecule has 1 aromatic carbocycles. The third kappa shape index (κ3) is 3.95. The number of hydrogen-bond acceptors (Lipinski definition) is 3. The molecule has 1 aliphatic rings. The van der Waals surface area contributed by atoms with Crippen LogP contribution in [-0.4, -0.2) is 25.0 Å². The molecule has 20 heavy (non-hydrogen) atoms. The van der Waals surface area contributed by atoms with Gasteiger partial charge in [0.15, 0.2) is 0 Å². The van der Waals surface area contributed by atoms with Crippen molar-refractivity contribution in [1.29, 1.82) is 0 Å². The second-order valence-electron chi connectivity index (χ2n) is 4.75. The molecule has 0 bridgehead atoms. The van der Waals surface area contributed by atoms with Gasteiger partial charge in [-0.2, -0.15) is 0 Å². The summed E-state index contributed by atoms with van der Waals surface area (Å²) in [5.41, 5.74) is 1.16. The summed E-state index contributed by atoms with van der Waals surface area (Å²) >= 11 is 6.06. The van der Waals surface area contributed by atoms with Crippen molar-refractivity contribution in [3.8, 4) is 0 Å². The zero-order valence-electron chi connectivity index (χ0n) is 11.2. The van der Waals surface area contributed by atoms with Crippen LogP contribution in [0.5, 0.6) is 0 Å². The van der Waals surface area contributed by atoms with Crippen molar-refractivity contribution in [2.75, 3.05) is 23.8 Å². The van der Waals surface area contributed by atoms with Gasteiger partial charge in [0.1, 0.15) is 0 Å². The molecule has 2 rings (SSSR count). The van der Waals surface area contributed by atoms with Crippen molar-refractivity contribution >= 4 is 34.8 Å². The Labute approximate surface area is 122 Å². The fourth-order valence-electron chi connectivity index (χ4n) is 2.09. The molecule has 0 aromatic heterocycles. The number of amides is 2. The molecule has 1 fully saturated rings. The Morgan fingerprint density at radius 3 is 2.55 bits per heavy atom. The van der Waals surface area contributed by atoms with E-state index in [4.69, 9.17) is 16.3 Å². The smallest absolute Gasteiger partial charge is 0.227 e. The fourth-order valence-corrected chi connectivity index (χ4v) is 2.32. The van der Waals surface area contributed by atoms with Crippen LogP contribution >= 0.6 is 11.6 Å². The van der Waals surface area contributed by atoms with Gasteiger partial charge in [-0.1, -0.05) is 11.6 Å². The van der Waals surface area contributed by atoms with Gasteiger partial charge in [0.2, 0.25) is 11.8 Å². The number of carbonyl (C=O) groups excluding carboxylic acids is 2. The lowest BCUT2D eigenvalue weighted by Crippen LogP contribution is -2.28. The standard InChI is InChI=1S/C14H17ClN2O3/c1-9(18)16-13-3-2-11(8-12(13)15)17-14(19)10-4-6-20-7-5-10/h2-3,8,10H,4-7H2,1H3,(H,16,18)(H,17,19). The maximum atomic E-state index is 12.1. The monoisotopic (exact) mass is 296 g/mol. The van der Waals surface area contributed by atoms with Gasteiger partial charge in [0, 0.05) is 31.7 Å². The first-order valence-electron chi connectivity index (χ1n) is 6.52. The first kappa shape index (κ1) is 14.8. The van der Waals surface area contributed by atoms with Crippen molar-refractivity contribution in [3.63, 3.8) is 0 Å². The van der Waals surface area contributed by atoms with E-state index < -0.39 is 0 Å². The minimum atomic E-state index is -0.189. The van der Waals surface area contributed by atoms with Crippen LogP contribution in [0.4, 0.5) is 11.4 Å². The molecular weight excluding hydrogens is 280 g/mol. The summed E-state index contributed by atoms with van der Waals surface area (Å²) in [5.74, 6) is -0.222. The van der Waals surface area contributed by atoms with Crippen LogP contribution in [0, 0.1) is 5.92 Å². The summed E-state index contributed by atoms with van der Waals surface area (Å²) < 4.78 is 5.23. The predicted octanol–water partition coefficient (Wildman–Crippen LogP) is 2.66. The maximum absolute atomic E-state index is 12.1. The highest BCUT2D eigenvalue weighted by atomic mass is 35.5.